The quantitative estimate of drug-likeness (QED) is 0.107. The lowest BCUT2D eigenvalue weighted by molar-refractivity contribution is -0.112. The second kappa shape index (κ2) is 13.4. The molecule has 184 valence electrons. The van der Waals surface area contributed by atoms with Crippen molar-refractivity contribution in [3.8, 4) is 17.6 Å². The maximum atomic E-state index is 12.8. The summed E-state index contributed by atoms with van der Waals surface area (Å²) in [5, 5.41) is 12.8. The van der Waals surface area contributed by atoms with Crippen molar-refractivity contribution in [1.82, 2.24) is 0 Å². The third-order valence-electron chi connectivity index (χ3n) is 4.99. The maximum absolute atomic E-state index is 12.8. The van der Waals surface area contributed by atoms with Crippen LogP contribution in [0.2, 0.25) is 10.0 Å². The number of anilines is 1. The molecule has 0 bridgehead atoms. The van der Waals surface area contributed by atoms with Crippen LogP contribution >= 0.6 is 45.8 Å². The number of carbonyl (C=O) groups is 1. The van der Waals surface area contributed by atoms with Gasteiger partial charge in [-0.3, -0.25) is 4.79 Å². The number of amides is 1. The van der Waals surface area contributed by atoms with Gasteiger partial charge in [-0.2, -0.15) is 5.26 Å². The van der Waals surface area contributed by atoms with Gasteiger partial charge in [0.25, 0.3) is 5.91 Å². The molecular formula is C28H23Cl2IN2O3. The SMILES string of the molecule is C=CCc1cc(/C=C(/C#N)C(=O)Nc2cccc(Cl)c2Cl)cc(OCC)c1OCc1ccc(I)cc1. The van der Waals surface area contributed by atoms with Gasteiger partial charge >= 0.3 is 0 Å². The fourth-order valence-electron chi connectivity index (χ4n) is 3.34. The highest BCUT2D eigenvalue weighted by molar-refractivity contribution is 14.1. The topological polar surface area (TPSA) is 71.4 Å². The summed E-state index contributed by atoms with van der Waals surface area (Å²) in [5.41, 5.74) is 2.67. The molecule has 0 spiro atoms. The number of allylic oxidation sites excluding steroid dienone is 1. The van der Waals surface area contributed by atoms with Gasteiger partial charge in [-0.25, -0.2) is 0 Å². The van der Waals surface area contributed by atoms with Gasteiger partial charge in [-0.05, 0) is 89.5 Å². The number of rotatable bonds is 10. The predicted molar refractivity (Wildman–Crippen MR) is 154 cm³/mol. The first-order valence-corrected chi connectivity index (χ1v) is 12.8. The molecule has 36 heavy (non-hydrogen) atoms. The van der Waals surface area contributed by atoms with Gasteiger partial charge in [0.1, 0.15) is 18.2 Å². The Bertz CT molecular complexity index is 1330. The van der Waals surface area contributed by atoms with Crippen LogP contribution in [-0.4, -0.2) is 12.5 Å². The third-order valence-corrected chi connectivity index (χ3v) is 6.53. The number of halogens is 3. The zero-order chi connectivity index (χ0) is 26.1. The molecule has 5 nitrogen and oxygen atoms in total. The molecule has 0 aliphatic heterocycles. The molecule has 1 amide bonds. The summed E-state index contributed by atoms with van der Waals surface area (Å²) in [7, 11) is 0. The molecule has 0 saturated heterocycles. The highest BCUT2D eigenvalue weighted by Crippen LogP contribution is 2.36. The van der Waals surface area contributed by atoms with Gasteiger partial charge < -0.3 is 14.8 Å². The van der Waals surface area contributed by atoms with Crippen LogP contribution in [0.5, 0.6) is 11.5 Å². The second-order valence-electron chi connectivity index (χ2n) is 7.57. The highest BCUT2D eigenvalue weighted by atomic mass is 127. The lowest BCUT2D eigenvalue weighted by atomic mass is 10.0. The van der Waals surface area contributed by atoms with E-state index in [1.54, 1.807) is 30.3 Å². The van der Waals surface area contributed by atoms with Crippen LogP contribution in [0.25, 0.3) is 6.08 Å². The van der Waals surface area contributed by atoms with Gasteiger partial charge in [0.2, 0.25) is 0 Å². The Morgan fingerprint density at radius 2 is 1.92 bits per heavy atom. The summed E-state index contributed by atoms with van der Waals surface area (Å²) >= 11 is 14.4. The van der Waals surface area contributed by atoms with Crippen molar-refractivity contribution in [2.75, 3.05) is 11.9 Å². The van der Waals surface area contributed by atoms with Crippen LogP contribution in [0.1, 0.15) is 23.6 Å². The molecule has 0 aliphatic rings. The Kier molecular flexibility index (Phi) is 10.2. The lowest BCUT2D eigenvalue weighted by Crippen LogP contribution is -2.13. The Labute approximate surface area is 234 Å². The first-order valence-electron chi connectivity index (χ1n) is 11.0. The van der Waals surface area contributed by atoms with Crippen LogP contribution in [0.3, 0.4) is 0 Å². The maximum Gasteiger partial charge on any atom is 0.266 e. The first kappa shape index (κ1) is 27.6. The molecule has 0 aliphatic carbocycles. The van der Waals surface area contributed by atoms with E-state index in [0.29, 0.717) is 47.4 Å². The van der Waals surface area contributed by atoms with E-state index in [4.69, 9.17) is 32.7 Å². The molecular weight excluding hydrogens is 610 g/mol. The highest BCUT2D eigenvalue weighted by Gasteiger charge is 2.16. The standard InChI is InChI=1S/C28H23Cl2IN2O3/c1-3-6-20-13-19(14-21(16-32)28(34)33-24-8-5-7-23(29)26(24)30)15-25(35-4-2)27(20)36-17-18-9-11-22(31)12-10-18/h3,5,7-15H,1,4,6,17H2,2H3,(H,33,34)/b21-14-. The lowest BCUT2D eigenvalue weighted by Gasteiger charge is -2.17. The summed E-state index contributed by atoms with van der Waals surface area (Å²) in [4.78, 5) is 12.8. The Morgan fingerprint density at radius 1 is 1.17 bits per heavy atom. The average molecular weight is 633 g/mol. The van der Waals surface area contributed by atoms with Gasteiger partial charge in [0.05, 0.1) is 22.3 Å². The zero-order valence-corrected chi connectivity index (χ0v) is 23.2. The van der Waals surface area contributed by atoms with Crippen molar-refractivity contribution < 1.29 is 14.3 Å². The van der Waals surface area contributed by atoms with Gasteiger partial charge in [0.15, 0.2) is 11.5 Å². The zero-order valence-electron chi connectivity index (χ0n) is 19.5. The number of nitrogens with zero attached hydrogens (tertiary/aromatic N) is 1. The van der Waals surface area contributed by atoms with Crippen LogP contribution in [0.15, 0.2) is 72.8 Å². The number of hydrogen-bond donors (Lipinski definition) is 1. The van der Waals surface area contributed by atoms with E-state index < -0.39 is 5.91 Å². The van der Waals surface area contributed by atoms with Crippen molar-refractivity contribution in [1.29, 1.82) is 5.26 Å². The summed E-state index contributed by atoms with van der Waals surface area (Å²) in [6.07, 6.45) is 3.76. The van der Waals surface area contributed by atoms with Crippen LogP contribution in [0.4, 0.5) is 5.69 Å². The molecule has 0 radical (unpaired) electrons. The van der Waals surface area contributed by atoms with Crippen molar-refractivity contribution in [3.05, 3.63) is 103 Å². The van der Waals surface area contributed by atoms with Crippen LogP contribution in [0, 0.1) is 14.9 Å². The van der Waals surface area contributed by atoms with E-state index in [1.165, 1.54) is 6.08 Å². The van der Waals surface area contributed by atoms with E-state index in [2.05, 4.69) is 34.5 Å². The number of nitrogens with one attached hydrogen (secondary N) is 1. The molecule has 0 atom stereocenters. The number of ether oxygens (including phenoxy) is 2. The molecule has 3 aromatic rings. The van der Waals surface area contributed by atoms with Gasteiger partial charge in [-0.1, -0.05) is 47.5 Å². The van der Waals surface area contributed by atoms with E-state index in [9.17, 15) is 10.1 Å². The van der Waals surface area contributed by atoms with Crippen molar-refractivity contribution in [2.24, 2.45) is 0 Å². The average Bonchev–Trinajstić information content (AvgIpc) is 2.86. The fraction of sp³-hybridized carbons (Fsp3) is 0.143. The largest absolute Gasteiger partial charge is 0.490 e. The molecule has 3 aromatic carbocycles. The minimum Gasteiger partial charge on any atom is -0.490 e. The first-order chi connectivity index (χ1) is 17.4. The molecule has 0 saturated carbocycles. The number of carbonyl (C=O) groups excluding carboxylic acids is 1. The predicted octanol–water partition coefficient (Wildman–Crippen LogP) is 7.85. The molecule has 0 aromatic heterocycles. The number of hydrogen-bond acceptors (Lipinski definition) is 4. The Hall–Kier alpha value is -2.99. The smallest absolute Gasteiger partial charge is 0.266 e. The molecule has 3 rings (SSSR count). The molecule has 0 fully saturated rings. The number of nitriles is 1. The van der Waals surface area contributed by atoms with E-state index >= 15 is 0 Å². The van der Waals surface area contributed by atoms with Crippen molar-refractivity contribution in [2.45, 2.75) is 20.0 Å². The Balaban J connectivity index is 1.94. The summed E-state index contributed by atoms with van der Waals surface area (Å²) < 4.78 is 13.2. The van der Waals surface area contributed by atoms with Gasteiger partial charge in [-0.15, -0.1) is 6.58 Å². The van der Waals surface area contributed by atoms with Crippen LogP contribution in [-0.2, 0) is 17.8 Å². The molecule has 8 heteroatoms. The summed E-state index contributed by atoms with van der Waals surface area (Å²) in [5.74, 6) is 0.509. The van der Waals surface area contributed by atoms with E-state index in [-0.39, 0.29) is 10.6 Å². The molecule has 1 N–H and O–H groups in total. The minimum absolute atomic E-state index is 0.106. The third kappa shape index (κ3) is 7.26. The molecule has 0 unspecified atom stereocenters. The molecule has 0 heterocycles. The van der Waals surface area contributed by atoms with E-state index in [1.807, 2.05) is 43.3 Å². The Morgan fingerprint density at radius 3 is 2.58 bits per heavy atom. The van der Waals surface area contributed by atoms with Crippen LogP contribution < -0.4 is 14.8 Å². The normalized spacial score (nSPS) is 10.9. The minimum atomic E-state index is -0.607. The van der Waals surface area contributed by atoms with Crippen molar-refractivity contribution >= 4 is 63.5 Å². The summed E-state index contributed by atoms with van der Waals surface area (Å²) in [6.45, 7) is 6.50. The fourth-order valence-corrected chi connectivity index (χ4v) is 4.05. The second-order valence-corrected chi connectivity index (χ2v) is 9.60. The van der Waals surface area contributed by atoms with Crippen molar-refractivity contribution in [3.63, 3.8) is 0 Å². The summed E-state index contributed by atoms with van der Waals surface area (Å²) in [6, 6.07) is 18.5. The van der Waals surface area contributed by atoms with Gasteiger partial charge in [0, 0.05) is 9.13 Å². The van der Waals surface area contributed by atoms with E-state index in [0.717, 1.165) is 14.7 Å². The number of benzene rings is 3. The monoisotopic (exact) mass is 632 g/mol.